The van der Waals surface area contributed by atoms with E-state index in [4.69, 9.17) is 0 Å². The van der Waals surface area contributed by atoms with E-state index in [1.54, 1.807) is 7.05 Å². The molecule has 1 aliphatic rings. The summed E-state index contributed by atoms with van der Waals surface area (Å²) in [6, 6.07) is -1.10. The number of halogens is 3. The molecule has 10 heteroatoms. The Bertz CT molecular complexity index is 575. The number of carbonyl (C=O) groups excluding carboxylic acids is 2. The van der Waals surface area contributed by atoms with E-state index < -0.39 is 23.9 Å². The normalized spacial score (nSPS) is 18.7. The summed E-state index contributed by atoms with van der Waals surface area (Å²) in [7, 11) is 3.08. The molecule has 0 unspecified atom stereocenters. The SMILES string of the molecule is CN(Cc1nc(C(F)(F)F)cs1)C(=O)N[C@@H]1CCN(C)C1=O. The lowest BCUT2D eigenvalue weighted by atomic mass is 10.2. The van der Waals surface area contributed by atoms with Crippen molar-refractivity contribution in [3.63, 3.8) is 0 Å². The maximum absolute atomic E-state index is 12.5. The molecule has 0 radical (unpaired) electrons. The topological polar surface area (TPSA) is 65.5 Å². The number of rotatable bonds is 3. The van der Waals surface area contributed by atoms with Crippen LogP contribution in [0.3, 0.4) is 0 Å². The number of likely N-dealkylation sites (tertiary alicyclic amines) is 1. The highest BCUT2D eigenvalue weighted by atomic mass is 32.1. The molecule has 1 aromatic rings. The Hall–Kier alpha value is -1.84. The third-order valence-corrected chi connectivity index (χ3v) is 4.12. The van der Waals surface area contributed by atoms with Crippen molar-refractivity contribution in [1.82, 2.24) is 20.1 Å². The molecular formula is C12H15F3N4O2S. The third kappa shape index (κ3) is 3.67. The van der Waals surface area contributed by atoms with Crippen LogP contribution in [0.4, 0.5) is 18.0 Å². The second kappa shape index (κ2) is 6.11. The summed E-state index contributed by atoms with van der Waals surface area (Å²) >= 11 is 0.838. The Morgan fingerprint density at radius 2 is 2.27 bits per heavy atom. The van der Waals surface area contributed by atoms with Crippen LogP contribution >= 0.6 is 11.3 Å². The molecule has 0 aliphatic carbocycles. The average Bonchev–Trinajstić information content (AvgIpc) is 3.00. The quantitative estimate of drug-likeness (QED) is 0.910. The molecule has 1 N–H and O–H groups in total. The number of aromatic nitrogens is 1. The lowest BCUT2D eigenvalue weighted by Crippen LogP contribution is -2.46. The lowest BCUT2D eigenvalue weighted by Gasteiger charge is -2.19. The van der Waals surface area contributed by atoms with Crippen LogP contribution in [0.5, 0.6) is 0 Å². The van der Waals surface area contributed by atoms with Crippen LogP contribution in [0, 0.1) is 0 Å². The Balaban J connectivity index is 1.91. The van der Waals surface area contributed by atoms with Gasteiger partial charge in [0.05, 0.1) is 6.54 Å². The van der Waals surface area contributed by atoms with E-state index in [2.05, 4.69) is 10.3 Å². The molecule has 2 heterocycles. The van der Waals surface area contributed by atoms with Gasteiger partial charge in [-0.25, -0.2) is 9.78 Å². The Morgan fingerprint density at radius 3 is 2.77 bits per heavy atom. The molecule has 1 aromatic heterocycles. The van der Waals surface area contributed by atoms with Gasteiger partial charge in [-0.15, -0.1) is 11.3 Å². The Morgan fingerprint density at radius 1 is 1.59 bits per heavy atom. The first kappa shape index (κ1) is 16.5. The van der Waals surface area contributed by atoms with Crippen LogP contribution in [0.2, 0.25) is 0 Å². The zero-order valence-electron chi connectivity index (χ0n) is 12.0. The van der Waals surface area contributed by atoms with Gasteiger partial charge in [-0.1, -0.05) is 0 Å². The van der Waals surface area contributed by atoms with Crippen molar-refractivity contribution in [2.24, 2.45) is 0 Å². The number of nitrogens with one attached hydrogen (secondary N) is 1. The van der Waals surface area contributed by atoms with Gasteiger partial charge in [0.15, 0.2) is 5.69 Å². The summed E-state index contributed by atoms with van der Waals surface area (Å²) in [6.45, 7) is 0.512. The molecule has 3 amide bonds. The zero-order valence-corrected chi connectivity index (χ0v) is 12.8. The first-order chi connectivity index (χ1) is 10.2. The maximum Gasteiger partial charge on any atom is 0.434 e. The average molecular weight is 336 g/mol. The number of nitrogens with zero attached hydrogens (tertiary/aromatic N) is 3. The standard InChI is InChI=1S/C12H15F3N4O2S/c1-18-4-3-7(10(18)20)16-11(21)19(2)5-9-17-8(6-22-9)12(13,14)15/h6-7H,3-5H2,1-2H3,(H,16,21)/t7-/m1/s1. The molecule has 1 atom stereocenters. The predicted octanol–water partition coefficient (Wildman–Crippen LogP) is 1.53. The van der Waals surface area contributed by atoms with E-state index >= 15 is 0 Å². The van der Waals surface area contributed by atoms with Crippen LogP contribution in [0.15, 0.2) is 5.38 Å². The minimum absolute atomic E-state index is 0.0523. The van der Waals surface area contributed by atoms with E-state index in [1.165, 1.54) is 16.8 Å². The number of likely N-dealkylation sites (N-methyl/N-ethyl adjacent to an activating group) is 1. The predicted molar refractivity (Wildman–Crippen MR) is 73.2 cm³/mol. The molecule has 0 bridgehead atoms. The first-order valence-electron chi connectivity index (χ1n) is 6.46. The molecule has 6 nitrogen and oxygen atoms in total. The number of amides is 3. The van der Waals surface area contributed by atoms with E-state index in [0.29, 0.717) is 13.0 Å². The van der Waals surface area contributed by atoms with Gasteiger partial charge in [0, 0.05) is 26.0 Å². The summed E-state index contributed by atoms with van der Waals surface area (Å²) in [5.41, 5.74) is -0.964. The molecule has 1 fully saturated rings. The van der Waals surface area contributed by atoms with Gasteiger partial charge in [0.1, 0.15) is 11.0 Å². The molecule has 0 saturated carbocycles. The summed E-state index contributed by atoms with van der Waals surface area (Å²) in [6.07, 6.45) is -3.97. The first-order valence-corrected chi connectivity index (χ1v) is 7.34. The zero-order chi connectivity index (χ0) is 16.5. The number of urea groups is 1. The molecule has 0 aromatic carbocycles. The molecule has 0 spiro atoms. The molecule has 22 heavy (non-hydrogen) atoms. The second-order valence-electron chi connectivity index (χ2n) is 5.03. The second-order valence-corrected chi connectivity index (χ2v) is 5.97. The van der Waals surface area contributed by atoms with E-state index in [0.717, 1.165) is 16.7 Å². The number of hydrogen-bond donors (Lipinski definition) is 1. The number of alkyl halides is 3. The fourth-order valence-electron chi connectivity index (χ4n) is 2.00. The van der Waals surface area contributed by atoms with E-state index in [1.807, 2.05) is 0 Å². The Kier molecular flexibility index (Phi) is 4.59. The van der Waals surface area contributed by atoms with Crippen molar-refractivity contribution in [3.05, 3.63) is 16.1 Å². The fourth-order valence-corrected chi connectivity index (χ4v) is 2.86. The van der Waals surface area contributed by atoms with Gasteiger partial charge in [0.2, 0.25) is 5.91 Å². The lowest BCUT2D eigenvalue weighted by molar-refractivity contribution is -0.140. The van der Waals surface area contributed by atoms with Gasteiger partial charge in [0.25, 0.3) is 0 Å². The summed E-state index contributed by atoms with van der Waals surface area (Å²) < 4.78 is 37.4. The van der Waals surface area contributed by atoms with Crippen molar-refractivity contribution >= 4 is 23.3 Å². The number of hydrogen-bond acceptors (Lipinski definition) is 4. The van der Waals surface area contributed by atoms with Gasteiger partial charge in [-0.05, 0) is 6.42 Å². The fraction of sp³-hybridized carbons (Fsp3) is 0.583. The van der Waals surface area contributed by atoms with Crippen LogP contribution in [-0.4, -0.2) is 53.4 Å². The van der Waals surface area contributed by atoms with Crippen LogP contribution < -0.4 is 5.32 Å². The highest BCUT2D eigenvalue weighted by Gasteiger charge is 2.34. The van der Waals surface area contributed by atoms with Crippen molar-refractivity contribution in [2.45, 2.75) is 25.2 Å². The van der Waals surface area contributed by atoms with Gasteiger partial charge in [-0.3, -0.25) is 4.79 Å². The largest absolute Gasteiger partial charge is 0.434 e. The molecule has 122 valence electrons. The van der Waals surface area contributed by atoms with Gasteiger partial charge in [-0.2, -0.15) is 13.2 Å². The summed E-state index contributed by atoms with van der Waals surface area (Å²) in [5.74, 6) is -0.171. The van der Waals surface area contributed by atoms with Crippen molar-refractivity contribution < 1.29 is 22.8 Å². The molecule has 2 rings (SSSR count). The van der Waals surface area contributed by atoms with Gasteiger partial charge >= 0.3 is 12.2 Å². The third-order valence-electron chi connectivity index (χ3n) is 3.29. The highest BCUT2D eigenvalue weighted by molar-refractivity contribution is 7.09. The molecule has 1 aliphatic heterocycles. The van der Waals surface area contributed by atoms with Gasteiger partial charge < -0.3 is 15.1 Å². The summed E-state index contributed by atoms with van der Waals surface area (Å²) in [4.78, 5) is 29.8. The summed E-state index contributed by atoms with van der Waals surface area (Å²) in [5, 5.41) is 3.66. The monoisotopic (exact) mass is 336 g/mol. The van der Waals surface area contributed by atoms with Crippen molar-refractivity contribution in [1.29, 1.82) is 0 Å². The van der Waals surface area contributed by atoms with Crippen LogP contribution in [0.1, 0.15) is 17.1 Å². The molecular weight excluding hydrogens is 321 g/mol. The smallest absolute Gasteiger partial charge is 0.344 e. The van der Waals surface area contributed by atoms with E-state index in [9.17, 15) is 22.8 Å². The minimum atomic E-state index is -4.49. The highest BCUT2D eigenvalue weighted by Crippen LogP contribution is 2.30. The van der Waals surface area contributed by atoms with Crippen molar-refractivity contribution in [2.75, 3.05) is 20.6 Å². The van der Waals surface area contributed by atoms with Crippen molar-refractivity contribution in [3.8, 4) is 0 Å². The number of carbonyl (C=O) groups is 2. The number of thiazole rings is 1. The Labute approximate surface area is 128 Å². The van der Waals surface area contributed by atoms with E-state index in [-0.39, 0.29) is 17.5 Å². The minimum Gasteiger partial charge on any atom is -0.344 e. The van der Waals surface area contributed by atoms with Crippen LogP contribution in [-0.2, 0) is 17.5 Å². The molecule has 1 saturated heterocycles. The van der Waals surface area contributed by atoms with Crippen LogP contribution in [0.25, 0.3) is 0 Å². The maximum atomic E-state index is 12.5.